The van der Waals surface area contributed by atoms with E-state index < -0.39 is 11.9 Å². The van der Waals surface area contributed by atoms with Crippen molar-refractivity contribution >= 4 is 16.9 Å². The van der Waals surface area contributed by atoms with Gasteiger partial charge in [0.15, 0.2) is 0 Å². The lowest BCUT2D eigenvalue weighted by Gasteiger charge is -2.23. The summed E-state index contributed by atoms with van der Waals surface area (Å²) >= 11 is 0. The van der Waals surface area contributed by atoms with Gasteiger partial charge >= 0.3 is 5.97 Å². The van der Waals surface area contributed by atoms with E-state index in [0.29, 0.717) is 12.3 Å². The van der Waals surface area contributed by atoms with E-state index in [1.54, 1.807) is 6.92 Å². The predicted octanol–water partition coefficient (Wildman–Crippen LogP) is 6.94. The van der Waals surface area contributed by atoms with Gasteiger partial charge in [0.25, 0.3) is 0 Å². The topological polar surface area (TPSA) is 59.7 Å². The van der Waals surface area contributed by atoms with Crippen molar-refractivity contribution in [2.24, 2.45) is 11.8 Å². The second-order valence-corrected chi connectivity index (χ2v) is 9.08. The van der Waals surface area contributed by atoms with Crippen molar-refractivity contribution in [1.29, 1.82) is 0 Å². The van der Waals surface area contributed by atoms with Gasteiger partial charge in [-0.1, -0.05) is 38.3 Å². The molecule has 1 N–H and O–H groups in total. The van der Waals surface area contributed by atoms with Crippen LogP contribution in [0.3, 0.4) is 0 Å². The second kappa shape index (κ2) is 9.17. The maximum absolute atomic E-state index is 11.4. The molecule has 1 saturated carbocycles. The molecule has 0 spiro atoms. The number of aliphatic carboxylic acids is 1. The number of aryl methyl sites for hydroxylation is 2. The van der Waals surface area contributed by atoms with Gasteiger partial charge in [0, 0.05) is 10.9 Å². The first-order chi connectivity index (χ1) is 14.9. The molecule has 1 atom stereocenters. The second-order valence-electron chi connectivity index (χ2n) is 9.08. The van der Waals surface area contributed by atoms with E-state index in [-0.39, 0.29) is 0 Å². The summed E-state index contributed by atoms with van der Waals surface area (Å²) in [5.41, 5.74) is 5.14. The lowest BCUT2D eigenvalue weighted by molar-refractivity contribution is -0.141. The summed E-state index contributed by atoms with van der Waals surface area (Å²) in [7, 11) is 0. The monoisotopic (exact) mass is 420 g/mol. The zero-order valence-electron chi connectivity index (χ0n) is 18.7. The third-order valence-electron chi connectivity index (χ3n) is 6.69. The van der Waals surface area contributed by atoms with E-state index in [4.69, 9.17) is 9.15 Å². The maximum Gasteiger partial charge on any atom is 0.306 e. The normalized spacial score (nSPS) is 15.8. The van der Waals surface area contributed by atoms with Crippen molar-refractivity contribution in [3.05, 3.63) is 53.3 Å². The van der Waals surface area contributed by atoms with Gasteiger partial charge in [0.2, 0.25) is 0 Å². The molecule has 4 rings (SSSR count). The average molecular weight is 421 g/mol. The SMILES string of the molecule is Cc1oc2ccc(-c3cc(CC(C)C(=O)O)ccc3OCC3CCCCC3)cc2c1C. The molecule has 1 heterocycles. The zero-order valence-corrected chi connectivity index (χ0v) is 18.7. The van der Waals surface area contributed by atoms with Crippen LogP contribution in [0.15, 0.2) is 40.8 Å². The van der Waals surface area contributed by atoms with E-state index in [2.05, 4.69) is 25.1 Å². The Labute approximate surface area is 184 Å². The Kier molecular flexibility index (Phi) is 6.35. The van der Waals surface area contributed by atoms with Crippen molar-refractivity contribution in [3.8, 4) is 16.9 Å². The molecular weight excluding hydrogens is 388 g/mol. The molecule has 0 radical (unpaired) electrons. The molecular formula is C27H32O4. The van der Waals surface area contributed by atoms with Crippen LogP contribution < -0.4 is 4.74 Å². The number of hydrogen-bond donors (Lipinski definition) is 1. The van der Waals surface area contributed by atoms with Crippen LogP contribution in [0.2, 0.25) is 0 Å². The maximum atomic E-state index is 11.4. The first-order valence-electron chi connectivity index (χ1n) is 11.4. The molecule has 4 nitrogen and oxygen atoms in total. The van der Waals surface area contributed by atoms with Crippen LogP contribution in [-0.2, 0) is 11.2 Å². The number of carboxylic acid groups (broad SMARTS) is 1. The third-order valence-corrected chi connectivity index (χ3v) is 6.69. The number of carbonyl (C=O) groups is 1. The van der Waals surface area contributed by atoms with Crippen LogP contribution in [0, 0.1) is 25.7 Å². The minimum atomic E-state index is -0.773. The van der Waals surface area contributed by atoms with Crippen LogP contribution in [0.1, 0.15) is 55.9 Å². The van der Waals surface area contributed by atoms with Gasteiger partial charge in [-0.15, -0.1) is 0 Å². The molecule has 1 fully saturated rings. The highest BCUT2D eigenvalue weighted by atomic mass is 16.5. The number of rotatable bonds is 7. The van der Waals surface area contributed by atoms with Crippen LogP contribution >= 0.6 is 0 Å². The number of carboxylic acids is 1. The molecule has 0 saturated heterocycles. The van der Waals surface area contributed by atoms with Crippen molar-refractivity contribution < 1.29 is 19.1 Å². The zero-order chi connectivity index (χ0) is 22.0. The van der Waals surface area contributed by atoms with Gasteiger partial charge in [0.05, 0.1) is 12.5 Å². The Balaban J connectivity index is 1.69. The molecule has 1 unspecified atom stereocenters. The molecule has 0 bridgehead atoms. The largest absolute Gasteiger partial charge is 0.493 e. The van der Waals surface area contributed by atoms with E-state index in [1.165, 1.54) is 32.1 Å². The van der Waals surface area contributed by atoms with E-state index in [0.717, 1.165) is 51.3 Å². The van der Waals surface area contributed by atoms with Crippen LogP contribution in [0.5, 0.6) is 5.75 Å². The molecule has 4 heteroatoms. The Morgan fingerprint density at radius 3 is 2.65 bits per heavy atom. The lowest BCUT2D eigenvalue weighted by atomic mass is 9.90. The van der Waals surface area contributed by atoms with Crippen LogP contribution in [-0.4, -0.2) is 17.7 Å². The van der Waals surface area contributed by atoms with Gasteiger partial charge in [-0.05, 0) is 80.0 Å². The highest BCUT2D eigenvalue weighted by Gasteiger charge is 2.18. The van der Waals surface area contributed by atoms with Crippen molar-refractivity contribution in [2.45, 2.75) is 59.3 Å². The molecule has 0 aliphatic heterocycles. The lowest BCUT2D eigenvalue weighted by Crippen LogP contribution is -2.15. The highest BCUT2D eigenvalue weighted by molar-refractivity contribution is 5.88. The molecule has 1 aromatic heterocycles. The molecule has 31 heavy (non-hydrogen) atoms. The minimum absolute atomic E-state index is 0.428. The summed E-state index contributed by atoms with van der Waals surface area (Å²) in [5, 5.41) is 10.4. The molecule has 1 aliphatic rings. The van der Waals surface area contributed by atoms with Crippen molar-refractivity contribution in [1.82, 2.24) is 0 Å². The number of benzene rings is 2. The third kappa shape index (κ3) is 4.79. The van der Waals surface area contributed by atoms with Gasteiger partial charge in [-0.2, -0.15) is 0 Å². The number of fused-ring (bicyclic) bond motifs is 1. The fourth-order valence-electron chi connectivity index (χ4n) is 4.57. The van der Waals surface area contributed by atoms with Crippen molar-refractivity contribution in [2.75, 3.05) is 6.61 Å². The minimum Gasteiger partial charge on any atom is -0.493 e. The highest BCUT2D eigenvalue weighted by Crippen LogP contribution is 2.36. The number of hydrogen-bond acceptors (Lipinski definition) is 3. The molecule has 1 aliphatic carbocycles. The van der Waals surface area contributed by atoms with E-state index >= 15 is 0 Å². The van der Waals surface area contributed by atoms with Gasteiger partial charge in [-0.25, -0.2) is 0 Å². The van der Waals surface area contributed by atoms with Crippen LogP contribution in [0.4, 0.5) is 0 Å². The number of furan rings is 1. The number of ether oxygens (including phenoxy) is 1. The molecule has 3 aromatic rings. The molecule has 164 valence electrons. The van der Waals surface area contributed by atoms with Gasteiger partial charge < -0.3 is 14.3 Å². The Morgan fingerprint density at radius 2 is 1.90 bits per heavy atom. The van der Waals surface area contributed by atoms with Crippen LogP contribution in [0.25, 0.3) is 22.1 Å². The quantitative estimate of drug-likeness (QED) is 0.450. The fraction of sp³-hybridized carbons (Fsp3) is 0.444. The molecule has 2 aromatic carbocycles. The first-order valence-corrected chi connectivity index (χ1v) is 11.4. The average Bonchev–Trinajstić information content (AvgIpc) is 3.06. The van der Waals surface area contributed by atoms with Gasteiger partial charge in [0.1, 0.15) is 17.1 Å². The summed E-state index contributed by atoms with van der Waals surface area (Å²) < 4.78 is 12.2. The van der Waals surface area contributed by atoms with Crippen molar-refractivity contribution in [3.63, 3.8) is 0 Å². The Morgan fingerprint density at radius 1 is 1.13 bits per heavy atom. The Bertz CT molecular complexity index is 1070. The van der Waals surface area contributed by atoms with Gasteiger partial charge in [-0.3, -0.25) is 4.79 Å². The van der Waals surface area contributed by atoms with E-state index in [1.807, 2.05) is 25.1 Å². The van der Waals surface area contributed by atoms with E-state index in [9.17, 15) is 9.90 Å². The first kappa shape index (κ1) is 21.5. The summed E-state index contributed by atoms with van der Waals surface area (Å²) in [5.74, 6) is 1.22. The summed E-state index contributed by atoms with van der Waals surface area (Å²) in [6.45, 7) is 6.56. The predicted molar refractivity (Wildman–Crippen MR) is 124 cm³/mol. The summed E-state index contributed by atoms with van der Waals surface area (Å²) in [6.07, 6.45) is 6.90. The standard InChI is InChI=1S/C27H32O4/c1-17(27(28)29)13-21-9-11-25(30-16-20-7-5-4-6-8-20)24(14-21)22-10-12-26-23(15-22)18(2)19(3)31-26/h9-12,14-15,17,20H,4-8,13,16H2,1-3H3,(H,28,29). The summed E-state index contributed by atoms with van der Waals surface area (Å²) in [4.78, 5) is 11.4. The summed E-state index contributed by atoms with van der Waals surface area (Å²) in [6, 6.07) is 12.4. The smallest absolute Gasteiger partial charge is 0.306 e. The molecule has 0 amide bonds. The fourth-order valence-corrected chi connectivity index (χ4v) is 4.57. The Hall–Kier alpha value is -2.75.